The van der Waals surface area contributed by atoms with Gasteiger partial charge in [0.2, 0.25) is 0 Å². The highest BCUT2D eigenvalue weighted by atomic mass is 32.1. The van der Waals surface area contributed by atoms with Crippen molar-refractivity contribution in [3.63, 3.8) is 0 Å². The zero-order valence-electron chi connectivity index (χ0n) is 13.1. The highest BCUT2D eigenvalue weighted by molar-refractivity contribution is 7.21. The molecule has 0 atom stereocenters. The minimum atomic E-state index is -0.154. The number of amides is 1. The monoisotopic (exact) mass is 326 g/mol. The van der Waals surface area contributed by atoms with Crippen molar-refractivity contribution in [3.05, 3.63) is 52.0 Å². The fourth-order valence-corrected chi connectivity index (χ4v) is 3.47. The Balaban J connectivity index is 1.76. The Morgan fingerprint density at radius 3 is 2.70 bits per heavy atom. The number of nitrogens with one attached hydrogen (secondary N) is 1. The van der Waals surface area contributed by atoms with Gasteiger partial charge in [0.25, 0.3) is 5.91 Å². The molecule has 0 spiro atoms. The molecule has 3 aromatic rings. The Morgan fingerprint density at radius 2 is 1.96 bits per heavy atom. The van der Waals surface area contributed by atoms with E-state index in [1.165, 1.54) is 16.9 Å². The molecule has 3 N–H and O–H groups in total. The maximum Gasteiger partial charge on any atom is 0.263 e. The van der Waals surface area contributed by atoms with Gasteiger partial charge in [0.05, 0.1) is 11.4 Å². The van der Waals surface area contributed by atoms with E-state index in [2.05, 4.69) is 15.5 Å². The zero-order valence-corrected chi connectivity index (χ0v) is 13.9. The zero-order chi connectivity index (χ0) is 16.4. The van der Waals surface area contributed by atoms with E-state index in [4.69, 9.17) is 5.73 Å². The van der Waals surface area contributed by atoms with E-state index in [9.17, 15) is 4.79 Å². The van der Waals surface area contributed by atoms with Crippen LogP contribution >= 0.6 is 11.3 Å². The van der Waals surface area contributed by atoms with Crippen LogP contribution < -0.4 is 11.1 Å². The fraction of sp³-hybridized carbons (Fsp3) is 0.235. The molecule has 0 aliphatic heterocycles. The fourth-order valence-electron chi connectivity index (χ4n) is 2.45. The number of nitrogen functional groups attached to an aromatic ring is 1. The molecule has 0 aliphatic rings. The topological polar surface area (TPSA) is 80.9 Å². The lowest BCUT2D eigenvalue weighted by atomic mass is 10.1. The lowest BCUT2D eigenvalue weighted by Crippen LogP contribution is -2.25. The van der Waals surface area contributed by atoms with Crippen LogP contribution in [0.2, 0.25) is 0 Å². The van der Waals surface area contributed by atoms with Gasteiger partial charge in [-0.1, -0.05) is 30.3 Å². The summed E-state index contributed by atoms with van der Waals surface area (Å²) in [5.41, 5.74) is 9.67. The van der Waals surface area contributed by atoms with Crippen molar-refractivity contribution in [2.45, 2.75) is 20.3 Å². The molecule has 1 aromatic carbocycles. The first-order chi connectivity index (χ1) is 11.1. The van der Waals surface area contributed by atoms with Gasteiger partial charge >= 0.3 is 0 Å². The maximum absolute atomic E-state index is 12.4. The smallest absolute Gasteiger partial charge is 0.263 e. The molecular formula is C17H18N4OS. The van der Waals surface area contributed by atoms with Gasteiger partial charge in [-0.3, -0.25) is 4.79 Å². The molecule has 0 saturated heterocycles. The number of nitrogens with two attached hydrogens (primary N) is 1. The first kappa shape index (κ1) is 15.4. The molecule has 1 amide bonds. The van der Waals surface area contributed by atoms with Crippen molar-refractivity contribution in [2.75, 3.05) is 12.3 Å². The molecule has 6 heteroatoms. The lowest BCUT2D eigenvalue weighted by Gasteiger charge is -2.05. The number of nitrogens with zero attached hydrogens (tertiary/aromatic N) is 2. The van der Waals surface area contributed by atoms with Crippen molar-refractivity contribution in [1.82, 2.24) is 15.5 Å². The summed E-state index contributed by atoms with van der Waals surface area (Å²) in [5.74, 6) is -0.154. The molecule has 0 unspecified atom stereocenters. The SMILES string of the molecule is Cc1nnc2sc(C(=O)NCCc3ccccc3)c(N)c2c1C. The first-order valence-corrected chi connectivity index (χ1v) is 8.23. The third-order valence-corrected chi connectivity index (χ3v) is 4.97. The summed E-state index contributed by atoms with van der Waals surface area (Å²) in [4.78, 5) is 13.6. The average molecular weight is 326 g/mol. The number of aromatic nitrogens is 2. The van der Waals surface area contributed by atoms with Crippen LogP contribution in [0.4, 0.5) is 5.69 Å². The molecular weight excluding hydrogens is 308 g/mol. The largest absolute Gasteiger partial charge is 0.397 e. The highest BCUT2D eigenvalue weighted by Crippen LogP contribution is 2.34. The van der Waals surface area contributed by atoms with E-state index >= 15 is 0 Å². The molecule has 0 saturated carbocycles. The van der Waals surface area contributed by atoms with Crippen molar-refractivity contribution >= 4 is 33.1 Å². The van der Waals surface area contributed by atoms with Crippen LogP contribution in [-0.4, -0.2) is 22.6 Å². The summed E-state index contributed by atoms with van der Waals surface area (Å²) in [6.07, 6.45) is 0.787. The minimum Gasteiger partial charge on any atom is -0.397 e. The van der Waals surface area contributed by atoms with E-state index in [0.29, 0.717) is 21.9 Å². The van der Waals surface area contributed by atoms with Gasteiger partial charge in [-0.05, 0) is 31.4 Å². The minimum absolute atomic E-state index is 0.154. The molecule has 0 bridgehead atoms. The number of benzene rings is 1. The maximum atomic E-state index is 12.4. The number of hydrogen-bond acceptors (Lipinski definition) is 5. The number of aryl methyl sites for hydroxylation is 2. The highest BCUT2D eigenvalue weighted by Gasteiger charge is 2.19. The molecule has 0 radical (unpaired) electrons. The van der Waals surface area contributed by atoms with Crippen molar-refractivity contribution in [1.29, 1.82) is 0 Å². The van der Waals surface area contributed by atoms with E-state index in [1.54, 1.807) is 0 Å². The van der Waals surface area contributed by atoms with Gasteiger partial charge in [0.15, 0.2) is 0 Å². The summed E-state index contributed by atoms with van der Waals surface area (Å²) in [6, 6.07) is 10.0. The average Bonchev–Trinajstić information content (AvgIpc) is 2.89. The number of thiophene rings is 1. The van der Waals surface area contributed by atoms with E-state index in [0.717, 1.165) is 23.1 Å². The predicted octanol–water partition coefficient (Wildman–Crippen LogP) is 2.86. The van der Waals surface area contributed by atoms with E-state index in [-0.39, 0.29) is 5.91 Å². The molecule has 118 valence electrons. The standard InChI is InChI=1S/C17H18N4OS/c1-10-11(2)20-21-17-13(10)14(18)15(23-17)16(22)19-9-8-12-6-4-3-5-7-12/h3-7H,8-9,18H2,1-2H3,(H,19,22). The number of rotatable bonds is 4. The van der Waals surface area contributed by atoms with E-state index in [1.807, 2.05) is 44.2 Å². The van der Waals surface area contributed by atoms with Crippen LogP contribution in [0.5, 0.6) is 0 Å². The van der Waals surface area contributed by atoms with Crippen molar-refractivity contribution in [3.8, 4) is 0 Å². The molecule has 2 heterocycles. The van der Waals surface area contributed by atoms with Gasteiger partial charge in [-0.2, -0.15) is 5.10 Å². The van der Waals surface area contributed by atoms with Crippen LogP contribution in [0, 0.1) is 13.8 Å². The summed E-state index contributed by atoms with van der Waals surface area (Å²) in [5, 5.41) is 12.0. The van der Waals surface area contributed by atoms with Gasteiger partial charge in [-0.15, -0.1) is 16.4 Å². The van der Waals surface area contributed by atoms with Gasteiger partial charge in [0.1, 0.15) is 9.71 Å². The molecule has 3 rings (SSSR count). The molecule has 0 aliphatic carbocycles. The Bertz CT molecular complexity index is 858. The molecule has 5 nitrogen and oxygen atoms in total. The normalized spacial score (nSPS) is 10.9. The number of carbonyl (C=O) groups excluding carboxylic acids is 1. The molecule has 2 aromatic heterocycles. The van der Waals surface area contributed by atoms with Crippen LogP contribution in [-0.2, 0) is 6.42 Å². The second kappa shape index (κ2) is 6.34. The third kappa shape index (κ3) is 3.03. The Labute approximate surface area is 138 Å². The Morgan fingerprint density at radius 1 is 1.22 bits per heavy atom. The first-order valence-electron chi connectivity index (χ1n) is 7.42. The predicted molar refractivity (Wildman–Crippen MR) is 93.8 cm³/mol. The van der Waals surface area contributed by atoms with E-state index < -0.39 is 0 Å². The summed E-state index contributed by atoms with van der Waals surface area (Å²) in [7, 11) is 0. The van der Waals surface area contributed by atoms with Gasteiger partial charge in [-0.25, -0.2) is 0 Å². The molecule has 23 heavy (non-hydrogen) atoms. The number of hydrogen-bond donors (Lipinski definition) is 2. The summed E-state index contributed by atoms with van der Waals surface area (Å²) in [6.45, 7) is 4.41. The summed E-state index contributed by atoms with van der Waals surface area (Å²) < 4.78 is 0. The Hall–Kier alpha value is -2.47. The van der Waals surface area contributed by atoms with Crippen LogP contribution in [0.1, 0.15) is 26.5 Å². The van der Waals surface area contributed by atoms with Crippen molar-refractivity contribution in [2.24, 2.45) is 0 Å². The second-order valence-electron chi connectivity index (χ2n) is 5.43. The van der Waals surface area contributed by atoms with Crippen LogP contribution in [0.25, 0.3) is 10.2 Å². The second-order valence-corrected chi connectivity index (χ2v) is 6.43. The lowest BCUT2D eigenvalue weighted by molar-refractivity contribution is 0.0959. The van der Waals surface area contributed by atoms with Crippen molar-refractivity contribution < 1.29 is 4.79 Å². The van der Waals surface area contributed by atoms with Gasteiger partial charge < -0.3 is 11.1 Å². The van der Waals surface area contributed by atoms with Crippen LogP contribution in [0.15, 0.2) is 30.3 Å². The number of carbonyl (C=O) groups is 1. The Kier molecular flexibility index (Phi) is 4.25. The van der Waals surface area contributed by atoms with Gasteiger partial charge in [0, 0.05) is 11.9 Å². The third-order valence-electron chi connectivity index (χ3n) is 3.88. The van der Waals surface area contributed by atoms with Crippen LogP contribution in [0.3, 0.4) is 0 Å². The number of fused-ring (bicyclic) bond motifs is 1. The number of anilines is 1. The molecule has 0 fully saturated rings. The summed E-state index contributed by atoms with van der Waals surface area (Å²) >= 11 is 1.29. The quantitative estimate of drug-likeness (QED) is 0.772.